The Morgan fingerprint density at radius 1 is 1.14 bits per heavy atom. The highest BCUT2D eigenvalue weighted by molar-refractivity contribution is 8.01. The highest BCUT2D eigenvalue weighted by atomic mass is 32.2. The van der Waals surface area contributed by atoms with Crippen molar-refractivity contribution in [2.75, 3.05) is 18.2 Å². The second-order valence-electron chi connectivity index (χ2n) is 5.95. The van der Waals surface area contributed by atoms with Crippen LogP contribution in [0.2, 0.25) is 0 Å². The maximum absolute atomic E-state index is 12.1. The highest BCUT2D eigenvalue weighted by Gasteiger charge is 2.10. The maximum atomic E-state index is 12.1. The number of pyridine rings is 1. The molecule has 7 nitrogen and oxygen atoms in total. The van der Waals surface area contributed by atoms with E-state index >= 15 is 0 Å². The van der Waals surface area contributed by atoms with E-state index in [1.54, 1.807) is 25.4 Å². The van der Waals surface area contributed by atoms with E-state index in [4.69, 9.17) is 4.74 Å². The minimum atomic E-state index is -0.131. The molecular formula is C20H20N4O3S2. The Labute approximate surface area is 176 Å². The van der Waals surface area contributed by atoms with Gasteiger partial charge in [-0.05, 0) is 24.3 Å². The molecule has 0 spiro atoms. The van der Waals surface area contributed by atoms with E-state index in [1.807, 2.05) is 35.7 Å². The second-order valence-corrected chi connectivity index (χ2v) is 8.03. The molecule has 150 valence electrons. The van der Waals surface area contributed by atoms with Gasteiger partial charge in [-0.3, -0.25) is 14.6 Å². The van der Waals surface area contributed by atoms with Crippen LogP contribution in [0.5, 0.6) is 5.75 Å². The van der Waals surface area contributed by atoms with Crippen LogP contribution in [0, 0.1) is 0 Å². The fourth-order valence-electron chi connectivity index (χ4n) is 2.38. The van der Waals surface area contributed by atoms with Gasteiger partial charge in [0, 0.05) is 23.3 Å². The van der Waals surface area contributed by atoms with Crippen LogP contribution in [0.15, 0.2) is 58.4 Å². The summed E-state index contributed by atoms with van der Waals surface area (Å²) in [6.07, 6.45) is 1.88. The number of thioether (sulfide) groups is 1. The Kier molecular flexibility index (Phi) is 7.60. The van der Waals surface area contributed by atoms with Crippen molar-refractivity contribution in [2.45, 2.75) is 17.3 Å². The number of benzene rings is 1. The van der Waals surface area contributed by atoms with Gasteiger partial charge in [0.15, 0.2) is 4.34 Å². The summed E-state index contributed by atoms with van der Waals surface area (Å²) in [4.78, 5) is 32.8. The first kappa shape index (κ1) is 20.8. The van der Waals surface area contributed by atoms with Crippen molar-refractivity contribution in [3.63, 3.8) is 0 Å². The molecule has 0 aliphatic rings. The fourth-order valence-corrected chi connectivity index (χ4v) is 4.02. The summed E-state index contributed by atoms with van der Waals surface area (Å²) in [5, 5.41) is 7.49. The molecule has 2 aromatic heterocycles. The third-order valence-corrected chi connectivity index (χ3v) is 5.82. The van der Waals surface area contributed by atoms with Gasteiger partial charge in [-0.15, -0.1) is 11.3 Å². The third-order valence-electron chi connectivity index (χ3n) is 3.75. The number of methoxy groups -OCH3 is 1. The number of aromatic nitrogens is 2. The number of carbonyl (C=O) groups excluding carboxylic acids is 2. The minimum absolute atomic E-state index is 0.117. The van der Waals surface area contributed by atoms with E-state index in [-0.39, 0.29) is 24.0 Å². The number of nitrogens with zero attached hydrogens (tertiary/aromatic N) is 2. The van der Waals surface area contributed by atoms with Gasteiger partial charge in [-0.25, -0.2) is 4.98 Å². The molecule has 2 heterocycles. The number of hydrogen-bond acceptors (Lipinski definition) is 7. The van der Waals surface area contributed by atoms with Gasteiger partial charge < -0.3 is 15.4 Å². The number of amides is 2. The van der Waals surface area contributed by atoms with E-state index in [1.165, 1.54) is 23.1 Å². The predicted molar refractivity (Wildman–Crippen MR) is 114 cm³/mol. The second kappa shape index (κ2) is 10.6. The minimum Gasteiger partial charge on any atom is -0.497 e. The normalized spacial score (nSPS) is 10.4. The molecule has 3 rings (SSSR count). The molecule has 0 atom stereocenters. The lowest BCUT2D eigenvalue weighted by atomic mass is 10.3. The number of carbonyl (C=O) groups is 2. The molecule has 0 saturated carbocycles. The van der Waals surface area contributed by atoms with Gasteiger partial charge in [-0.1, -0.05) is 23.9 Å². The van der Waals surface area contributed by atoms with E-state index in [0.29, 0.717) is 23.7 Å². The van der Waals surface area contributed by atoms with Gasteiger partial charge in [0.25, 0.3) is 0 Å². The Bertz CT molecular complexity index is 963. The summed E-state index contributed by atoms with van der Waals surface area (Å²) < 4.78 is 5.89. The fraction of sp³-hybridized carbons (Fsp3) is 0.200. The lowest BCUT2D eigenvalue weighted by molar-refractivity contribution is -0.120. The molecule has 0 aliphatic heterocycles. The topological polar surface area (TPSA) is 93.2 Å². The van der Waals surface area contributed by atoms with Crippen molar-refractivity contribution >= 4 is 40.6 Å². The zero-order valence-electron chi connectivity index (χ0n) is 15.8. The molecule has 0 unspecified atom stereocenters. The lowest BCUT2D eigenvalue weighted by Crippen LogP contribution is -2.25. The SMILES string of the molecule is COc1cccc(NC(=O)CSc2nc(CC(=O)NCc3ccccn3)cs2)c1. The molecule has 0 saturated heterocycles. The molecular weight excluding hydrogens is 408 g/mol. The van der Waals surface area contributed by atoms with Crippen molar-refractivity contribution in [2.24, 2.45) is 0 Å². The number of hydrogen-bond donors (Lipinski definition) is 2. The first-order chi connectivity index (χ1) is 14.1. The van der Waals surface area contributed by atoms with E-state index in [2.05, 4.69) is 20.6 Å². The van der Waals surface area contributed by atoms with Crippen molar-refractivity contribution in [3.05, 3.63) is 65.4 Å². The maximum Gasteiger partial charge on any atom is 0.234 e. The van der Waals surface area contributed by atoms with Crippen molar-refractivity contribution in [3.8, 4) is 5.75 Å². The van der Waals surface area contributed by atoms with Crippen molar-refractivity contribution in [1.82, 2.24) is 15.3 Å². The largest absolute Gasteiger partial charge is 0.497 e. The third kappa shape index (κ3) is 6.88. The highest BCUT2D eigenvalue weighted by Crippen LogP contribution is 2.23. The Morgan fingerprint density at radius 2 is 2.03 bits per heavy atom. The summed E-state index contributed by atoms with van der Waals surface area (Å²) in [5.41, 5.74) is 2.17. The Hall–Kier alpha value is -2.91. The molecule has 2 N–H and O–H groups in total. The van der Waals surface area contributed by atoms with Crippen LogP contribution >= 0.6 is 23.1 Å². The number of rotatable bonds is 9. The van der Waals surface area contributed by atoms with Crippen molar-refractivity contribution < 1.29 is 14.3 Å². The number of nitrogens with one attached hydrogen (secondary N) is 2. The summed E-state index contributed by atoms with van der Waals surface area (Å²) >= 11 is 2.76. The average molecular weight is 429 g/mol. The lowest BCUT2D eigenvalue weighted by Gasteiger charge is -2.06. The summed E-state index contributed by atoms with van der Waals surface area (Å²) in [7, 11) is 1.58. The summed E-state index contributed by atoms with van der Waals surface area (Å²) in [6.45, 7) is 0.385. The molecule has 3 aromatic rings. The van der Waals surface area contributed by atoms with E-state index in [0.717, 1.165) is 10.0 Å². The molecule has 1 aromatic carbocycles. The number of ether oxygens (including phenoxy) is 1. The van der Waals surface area contributed by atoms with Crippen LogP contribution in [-0.4, -0.2) is 34.6 Å². The smallest absolute Gasteiger partial charge is 0.234 e. The molecule has 29 heavy (non-hydrogen) atoms. The Morgan fingerprint density at radius 3 is 2.83 bits per heavy atom. The van der Waals surface area contributed by atoms with Gasteiger partial charge in [0.2, 0.25) is 11.8 Å². The van der Waals surface area contributed by atoms with Crippen molar-refractivity contribution in [1.29, 1.82) is 0 Å². The summed E-state index contributed by atoms with van der Waals surface area (Å²) in [6, 6.07) is 12.7. The quantitative estimate of drug-likeness (QED) is 0.509. The van der Waals surface area contributed by atoms with Gasteiger partial charge in [-0.2, -0.15) is 0 Å². The molecule has 9 heteroatoms. The van der Waals surface area contributed by atoms with Crippen LogP contribution in [-0.2, 0) is 22.6 Å². The van der Waals surface area contributed by atoms with Crippen LogP contribution in [0.1, 0.15) is 11.4 Å². The average Bonchev–Trinajstić information content (AvgIpc) is 3.19. The standard InChI is InChI=1S/C20H20N4O3S2/c1-27-17-7-4-6-14(9-17)23-19(26)13-29-20-24-16(12-28-20)10-18(25)22-11-15-5-2-3-8-21-15/h2-9,12H,10-11,13H2,1H3,(H,22,25)(H,23,26). The zero-order valence-corrected chi connectivity index (χ0v) is 17.4. The molecule has 0 radical (unpaired) electrons. The monoisotopic (exact) mass is 428 g/mol. The van der Waals surface area contributed by atoms with Crippen LogP contribution in [0.25, 0.3) is 0 Å². The number of thiazole rings is 1. The van der Waals surface area contributed by atoms with Crippen LogP contribution < -0.4 is 15.4 Å². The van der Waals surface area contributed by atoms with Crippen LogP contribution in [0.4, 0.5) is 5.69 Å². The predicted octanol–water partition coefficient (Wildman–Crippen LogP) is 3.14. The van der Waals surface area contributed by atoms with E-state index in [9.17, 15) is 9.59 Å². The summed E-state index contributed by atoms with van der Waals surface area (Å²) in [5.74, 6) is 0.665. The van der Waals surface area contributed by atoms with Gasteiger partial charge in [0.05, 0.1) is 37.2 Å². The van der Waals surface area contributed by atoms with E-state index < -0.39 is 0 Å². The van der Waals surface area contributed by atoms with Gasteiger partial charge in [0.1, 0.15) is 5.75 Å². The first-order valence-electron chi connectivity index (χ1n) is 8.80. The molecule has 0 fully saturated rings. The number of anilines is 1. The van der Waals surface area contributed by atoms with Crippen LogP contribution in [0.3, 0.4) is 0 Å². The zero-order chi connectivity index (χ0) is 20.5. The Balaban J connectivity index is 1.42. The molecule has 2 amide bonds. The first-order valence-corrected chi connectivity index (χ1v) is 10.7. The van der Waals surface area contributed by atoms with Gasteiger partial charge >= 0.3 is 0 Å². The molecule has 0 bridgehead atoms. The molecule has 0 aliphatic carbocycles.